The van der Waals surface area contributed by atoms with Gasteiger partial charge in [0.15, 0.2) is 17.5 Å². The van der Waals surface area contributed by atoms with E-state index in [9.17, 15) is 0 Å². The lowest BCUT2D eigenvalue weighted by Crippen LogP contribution is -2.38. The maximum absolute atomic E-state index is 6.32. The Balaban J connectivity index is 0.00000320. The van der Waals surface area contributed by atoms with Crippen LogP contribution in [0.4, 0.5) is 0 Å². The molecule has 1 fully saturated rings. The summed E-state index contributed by atoms with van der Waals surface area (Å²) in [5.74, 6) is 2.40. The van der Waals surface area contributed by atoms with E-state index in [1.807, 2.05) is 24.5 Å². The summed E-state index contributed by atoms with van der Waals surface area (Å²) in [6, 6.07) is 8.10. The second-order valence-corrected chi connectivity index (χ2v) is 7.38. The molecule has 2 N–H and O–H groups in total. The zero-order chi connectivity index (χ0) is 20.5. The van der Waals surface area contributed by atoms with Gasteiger partial charge in [0.25, 0.3) is 0 Å². The summed E-state index contributed by atoms with van der Waals surface area (Å²) in [4.78, 5) is 8.49. The highest BCUT2D eigenvalue weighted by molar-refractivity contribution is 14.0. The fraction of sp³-hybridized carbons (Fsp3) is 0.478. The largest absolute Gasteiger partial charge is 0.493 e. The minimum Gasteiger partial charge on any atom is -0.493 e. The first-order valence-electron chi connectivity index (χ1n) is 10.4. The third-order valence-corrected chi connectivity index (χ3v) is 5.36. The molecule has 0 bridgehead atoms. The molecule has 6 nitrogen and oxygen atoms in total. The molecule has 0 unspecified atom stereocenters. The number of benzene rings is 1. The van der Waals surface area contributed by atoms with E-state index >= 15 is 0 Å². The summed E-state index contributed by atoms with van der Waals surface area (Å²) >= 11 is 0. The van der Waals surface area contributed by atoms with Crippen molar-refractivity contribution < 1.29 is 9.47 Å². The monoisotopic (exact) mass is 524 g/mol. The van der Waals surface area contributed by atoms with Crippen LogP contribution < -0.4 is 20.1 Å². The Kier molecular flexibility index (Phi) is 10.2. The van der Waals surface area contributed by atoms with Crippen molar-refractivity contribution in [3.63, 3.8) is 0 Å². The maximum Gasteiger partial charge on any atom is 0.191 e. The predicted octanol–water partition coefficient (Wildman–Crippen LogP) is 4.25. The number of hydrogen-bond acceptors (Lipinski definition) is 4. The van der Waals surface area contributed by atoms with E-state index < -0.39 is 0 Å². The molecular weight excluding hydrogens is 491 g/mol. The van der Waals surface area contributed by atoms with E-state index in [0.29, 0.717) is 6.54 Å². The molecule has 0 aliphatic heterocycles. The number of para-hydroxylation sites is 1. The molecular formula is C23H33IN4O2. The summed E-state index contributed by atoms with van der Waals surface area (Å²) in [6.07, 6.45) is 9.64. The second-order valence-electron chi connectivity index (χ2n) is 7.38. The van der Waals surface area contributed by atoms with Crippen LogP contribution in [0.1, 0.15) is 42.4 Å². The predicted molar refractivity (Wildman–Crippen MR) is 132 cm³/mol. The van der Waals surface area contributed by atoms with Crippen LogP contribution >= 0.6 is 24.0 Å². The van der Waals surface area contributed by atoms with E-state index in [1.54, 1.807) is 14.2 Å². The lowest BCUT2D eigenvalue weighted by Gasteiger charge is -2.20. The van der Waals surface area contributed by atoms with Gasteiger partial charge in [-0.25, -0.2) is 0 Å². The van der Waals surface area contributed by atoms with E-state index in [4.69, 9.17) is 9.47 Å². The number of nitrogens with zero attached hydrogens (tertiary/aromatic N) is 2. The molecule has 2 aromatic rings. The van der Waals surface area contributed by atoms with Gasteiger partial charge in [0.05, 0.1) is 13.2 Å². The number of halogens is 1. The molecule has 0 saturated heterocycles. The first kappa shape index (κ1) is 24.2. The number of aliphatic imine (C=N–C) groups is 1. The van der Waals surface area contributed by atoms with Crippen LogP contribution in [0, 0.1) is 6.92 Å². The number of nitrogens with one attached hydrogen (secondary N) is 2. The Morgan fingerprint density at radius 2 is 1.97 bits per heavy atom. The average molecular weight is 524 g/mol. The van der Waals surface area contributed by atoms with Crippen LogP contribution in [0.15, 0.2) is 41.7 Å². The van der Waals surface area contributed by atoms with Crippen LogP contribution in [-0.4, -0.2) is 37.7 Å². The number of aromatic nitrogens is 1. The quantitative estimate of drug-likeness (QED) is 0.307. The van der Waals surface area contributed by atoms with Crippen molar-refractivity contribution in [2.45, 2.75) is 51.7 Å². The molecule has 0 atom stereocenters. The molecule has 1 aliphatic carbocycles. The topological polar surface area (TPSA) is 67.8 Å². The lowest BCUT2D eigenvalue weighted by molar-refractivity contribution is 0.198. The van der Waals surface area contributed by atoms with Gasteiger partial charge in [-0.3, -0.25) is 9.98 Å². The zero-order valence-electron chi connectivity index (χ0n) is 18.1. The van der Waals surface area contributed by atoms with Crippen LogP contribution in [0.2, 0.25) is 0 Å². The molecule has 7 heteroatoms. The highest BCUT2D eigenvalue weighted by Gasteiger charge is 2.20. The third-order valence-electron chi connectivity index (χ3n) is 5.36. The lowest BCUT2D eigenvalue weighted by atomic mass is 10.1. The smallest absolute Gasteiger partial charge is 0.191 e. The van der Waals surface area contributed by atoms with Gasteiger partial charge >= 0.3 is 0 Å². The molecule has 1 aromatic carbocycles. The number of rotatable bonds is 8. The van der Waals surface area contributed by atoms with Crippen LogP contribution in [-0.2, 0) is 13.0 Å². The van der Waals surface area contributed by atoms with Gasteiger partial charge in [0.1, 0.15) is 0 Å². The number of ether oxygens (including phenoxy) is 2. The summed E-state index contributed by atoms with van der Waals surface area (Å²) in [6.45, 7) is 3.51. The van der Waals surface area contributed by atoms with Crippen LogP contribution in [0.5, 0.6) is 11.5 Å². The molecule has 0 spiro atoms. The van der Waals surface area contributed by atoms with Crippen LogP contribution in [0.3, 0.4) is 0 Å². The molecule has 1 aliphatic rings. The van der Waals surface area contributed by atoms with Crippen molar-refractivity contribution in [3.8, 4) is 11.5 Å². The molecule has 1 heterocycles. The van der Waals surface area contributed by atoms with Crippen molar-refractivity contribution in [2.24, 2.45) is 4.99 Å². The van der Waals surface area contributed by atoms with Gasteiger partial charge < -0.3 is 20.1 Å². The highest BCUT2D eigenvalue weighted by atomic mass is 127. The zero-order valence-corrected chi connectivity index (χ0v) is 20.4. The number of pyridine rings is 1. The van der Waals surface area contributed by atoms with Crippen molar-refractivity contribution >= 4 is 29.9 Å². The molecule has 0 amide bonds. The Hall–Kier alpha value is -2.03. The first-order chi connectivity index (χ1) is 14.2. The molecule has 3 rings (SSSR count). The average Bonchev–Trinajstić information content (AvgIpc) is 3.25. The van der Waals surface area contributed by atoms with Crippen molar-refractivity contribution in [1.82, 2.24) is 15.6 Å². The van der Waals surface area contributed by atoms with Crippen molar-refractivity contribution in [2.75, 3.05) is 20.7 Å². The van der Waals surface area contributed by atoms with E-state index in [0.717, 1.165) is 48.8 Å². The minimum atomic E-state index is 0. The number of aryl methyl sites for hydroxylation is 1. The van der Waals surface area contributed by atoms with E-state index in [1.165, 1.54) is 24.0 Å². The normalized spacial score (nSPS) is 14.2. The first-order valence-corrected chi connectivity index (χ1v) is 10.4. The third kappa shape index (κ3) is 6.75. The highest BCUT2D eigenvalue weighted by Crippen LogP contribution is 2.34. The van der Waals surface area contributed by atoms with Gasteiger partial charge in [-0.15, -0.1) is 24.0 Å². The summed E-state index contributed by atoms with van der Waals surface area (Å²) in [5, 5.41) is 6.78. The van der Waals surface area contributed by atoms with Gasteiger partial charge in [-0.2, -0.15) is 0 Å². The van der Waals surface area contributed by atoms with Crippen molar-refractivity contribution in [3.05, 3.63) is 53.3 Å². The molecule has 30 heavy (non-hydrogen) atoms. The minimum absolute atomic E-state index is 0. The van der Waals surface area contributed by atoms with E-state index in [2.05, 4.69) is 39.7 Å². The summed E-state index contributed by atoms with van der Waals surface area (Å²) in [5.41, 5.74) is 3.58. The molecule has 1 aromatic heterocycles. The molecule has 1 saturated carbocycles. The van der Waals surface area contributed by atoms with Gasteiger partial charge in [0, 0.05) is 38.1 Å². The molecule has 164 valence electrons. The van der Waals surface area contributed by atoms with Crippen molar-refractivity contribution in [1.29, 1.82) is 0 Å². The van der Waals surface area contributed by atoms with Gasteiger partial charge in [-0.05, 0) is 62.3 Å². The number of guanidine groups is 1. The van der Waals surface area contributed by atoms with Crippen LogP contribution in [0.25, 0.3) is 0 Å². The SMILES string of the molecule is CN=C(NCCc1ccncc1C)NCc1cccc(OC)c1OC1CCCC1.I. The second kappa shape index (κ2) is 12.6. The van der Waals surface area contributed by atoms with Gasteiger partial charge in [0.2, 0.25) is 0 Å². The maximum atomic E-state index is 6.32. The fourth-order valence-electron chi connectivity index (χ4n) is 3.67. The van der Waals surface area contributed by atoms with Gasteiger partial charge in [-0.1, -0.05) is 12.1 Å². The Morgan fingerprint density at radius 1 is 1.17 bits per heavy atom. The number of methoxy groups -OCH3 is 1. The number of hydrogen-bond donors (Lipinski definition) is 2. The van der Waals surface area contributed by atoms with E-state index in [-0.39, 0.29) is 30.1 Å². The Bertz CT molecular complexity index is 823. The fourth-order valence-corrected chi connectivity index (χ4v) is 3.67. The Morgan fingerprint density at radius 3 is 2.67 bits per heavy atom. The standard InChI is InChI=1S/C23H32N4O2.HI/c1-17-15-25-13-11-18(17)12-14-26-23(24-2)27-16-19-7-6-10-21(28-3)22(19)29-20-8-4-5-9-20;/h6-7,10-11,13,15,20H,4-5,8-9,12,14,16H2,1-3H3,(H2,24,26,27);1H. The molecule has 0 radical (unpaired) electrons. The summed E-state index contributed by atoms with van der Waals surface area (Å²) in [7, 11) is 3.48. The Labute approximate surface area is 196 Å². The summed E-state index contributed by atoms with van der Waals surface area (Å²) < 4.78 is 11.9.